The lowest BCUT2D eigenvalue weighted by Gasteiger charge is -2.12. The maximum atomic E-state index is 12.5. The molecule has 0 saturated carbocycles. The van der Waals surface area contributed by atoms with Crippen molar-refractivity contribution in [1.29, 1.82) is 0 Å². The molecule has 1 aromatic heterocycles. The summed E-state index contributed by atoms with van der Waals surface area (Å²) in [7, 11) is -3.64. The van der Waals surface area contributed by atoms with E-state index in [0.29, 0.717) is 23.2 Å². The fourth-order valence-electron chi connectivity index (χ4n) is 2.67. The number of rotatable bonds is 7. The highest BCUT2D eigenvalue weighted by atomic mass is 32.2. The number of hydrogen-bond donors (Lipinski definition) is 2. The van der Waals surface area contributed by atoms with Crippen LogP contribution in [-0.4, -0.2) is 24.5 Å². The average molecular weight is 413 g/mol. The van der Waals surface area contributed by atoms with E-state index in [2.05, 4.69) is 20.0 Å². The van der Waals surface area contributed by atoms with Crippen LogP contribution in [0.15, 0.2) is 59.5 Å². The molecule has 8 heteroatoms. The molecule has 0 aliphatic rings. The van der Waals surface area contributed by atoms with Gasteiger partial charge in [0.25, 0.3) is 10.0 Å². The Morgan fingerprint density at radius 3 is 2.28 bits per heavy atom. The van der Waals surface area contributed by atoms with Gasteiger partial charge in [0.15, 0.2) is 0 Å². The highest BCUT2D eigenvalue weighted by molar-refractivity contribution is 7.92. The van der Waals surface area contributed by atoms with Crippen LogP contribution in [-0.2, 0) is 10.0 Å². The Kier molecular flexibility index (Phi) is 6.03. The molecule has 3 aromatic rings. The van der Waals surface area contributed by atoms with Gasteiger partial charge in [0, 0.05) is 17.4 Å². The molecule has 0 fully saturated rings. The van der Waals surface area contributed by atoms with Crippen LogP contribution in [0.2, 0.25) is 0 Å². The molecule has 0 aliphatic carbocycles. The molecule has 29 heavy (non-hydrogen) atoms. The van der Waals surface area contributed by atoms with Crippen LogP contribution >= 0.6 is 0 Å². The molecule has 7 nitrogen and oxygen atoms in total. The highest BCUT2D eigenvalue weighted by Crippen LogP contribution is 2.22. The quantitative estimate of drug-likeness (QED) is 0.596. The first-order chi connectivity index (χ1) is 13.7. The molecule has 0 unspecified atom stereocenters. The van der Waals surface area contributed by atoms with E-state index in [1.54, 1.807) is 55.5 Å². The van der Waals surface area contributed by atoms with Crippen LogP contribution in [0.4, 0.5) is 17.2 Å². The van der Waals surface area contributed by atoms with E-state index in [0.717, 1.165) is 11.3 Å². The summed E-state index contributed by atoms with van der Waals surface area (Å²) in [6.45, 7) is 7.51. The van der Waals surface area contributed by atoms with Gasteiger partial charge in [-0.15, -0.1) is 0 Å². The molecule has 0 bridgehead atoms. The Hall–Kier alpha value is -3.13. The smallest absolute Gasteiger partial charge is 0.261 e. The molecule has 3 rings (SSSR count). The second kappa shape index (κ2) is 8.48. The van der Waals surface area contributed by atoms with E-state index in [9.17, 15) is 8.42 Å². The van der Waals surface area contributed by atoms with Gasteiger partial charge in [-0.1, -0.05) is 12.1 Å². The minimum Gasteiger partial charge on any atom is -0.475 e. The third-order valence-electron chi connectivity index (χ3n) is 3.88. The van der Waals surface area contributed by atoms with E-state index >= 15 is 0 Å². The van der Waals surface area contributed by atoms with Crippen LogP contribution in [0, 0.1) is 13.8 Å². The highest BCUT2D eigenvalue weighted by Gasteiger charge is 2.14. The number of aromatic nitrogens is 2. The Morgan fingerprint density at radius 2 is 1.62 bits per heavy atom. The number of hydrogen-bond acceptors (Lipinski definition) is 6. The average Bonchev–Trinajstić information content (AvgIpc) is 2.62. The molecule has 2 aromatic carbocycles. The normalized spacial score (nSPS) is 11.3. The summed E-state index contributed by atoms with van der Waals surface area (Å²) in [5, 5.41) is 3.18. The third kappa shape index (κ3) is 5.68. The first kappa shape index (κ1) is 20.6. The van der Waals surface area contributed by atoms with Crippen LogP contribution in [0.1, 0.15) is 25.2 Å². The van der Waals surface area contributed by atoms with Crippen LogP contribution in [0.3, 0.4) is 0 Å². The number of ether oxygens (including phenoxy) is 1. The van der Waals surface area contributed by atoms with E-state index in [1.807, 2.05) is 26.8 Å². The van der Waals surface area contributed by atoms with Gasteiger partial charge in [-0.25, -0.2) is 13.4 Å². The first-order valence-electron chi connectivity index (χ1n) is 9.20. The van der Waals surface area contributed by atoms with Gasteiger partial charge in [0.2, 0.25) is 5.88 Å². The maximum absolute atomic E-state index is 12.5. The standard InChI is InChI=1S/C21H24N4O3S/c1-14(2)28-21-13-20(22-16(4)23-21)24-17-8-10-18(11-9-17)25-29(26,27)19-7-5-6-15(3)12-19/h5-14,25H,1-4H3,(H,22,23,24). The predicted molar refractivity (Wildman–Crippen MR) is 114 cm³/mol. The maximum Gasteiger partial charge on any atom is 0.261 e. The molecule has 0 spiro atoms. The largest absolute Gasteiger partial charge is 0.475 e. The minimum atomic E-state index is -3.64. The second-order valence-corrected chi connectivity index (χ2v) is 8.61. The summed E-state index contributed by atoms with van der Waals surface area (Å²) in [4.78, 5) is 8.84. The molecular weight excluding hydrogens is 388 g/mol. The molecule has 1 heterocycles. The van der Waals surface area contributed by atoms with Crippen LogP contribution in [0.5, 0.6) is 5.88 Å². The number of nitrogens with one attached hydrogen (secondary N) is 2. The molecule has 152 valence electrons. The summed E-state index contributed by atoms with van der Waals surface area (Å²) < 4.78 is 33.3. The summed E-state index contributed by atoms with van der Waals surface area (Å²) in [6.07, 6.45) is 0.0119. The zero-order chi connectivity index (χ0) is 21.0. The van der Waals surface area contributed by atoms with Crippen molar-refractivity contribution in [2.75, 3.05) is 10.0 Å². The van der Waals surface area contributed by atoms with Gasteiger partial charge in [-0.05, 0) is 69.7 Å². The lowest BCUT2D eigenvalue weighted by Crippen LogP contribution is -2.13. The van der Waals surface area contributed by atoms with E-state index in [-0.39, 0.29) is 11.0 Å². The Morgan fingerprint density at radius 1 is 0.931 bits per heavy atom. The fraction of sp³-hybridized carbons (Fsp3) is 0.238. The Balaban J connectivity index is 1.73. The van der Waals surface area contributed by atoms with E-state index in [4.69, 9.17) is 4.74 Å². The molecule has 0 radical (unpaired) electrons. The van der Waals surface area contributed by atoms with E-state index < -0.39 is 10.0 Å². The van der Waals surface area contributed by atoms with Crippen LogP contribution < -0.4 is 14.8 Å². The van der Waals surface area contributed by atoms with Gasteiger partial charge in [0.05, 0.1) is 11.0 Å². The zero-order valence-corrected chi connectivity index (χ0v) is 17.6. The number of nitrogens with zero attached hydrogens (tertiary/aromatic N) is 2. The van der Waals surface area contributed by atoms with Crippen molar-refractivity contribution in [3.05, 3.63) is 66.0 Å². The number of sulfonamides is 1. The number of benzene rings is 2. The molecular formula is C21H24N4O3S. The summed E-state index contributed by atoms with van der Waals surface area (Å²) >= 11 is 0. The van der Waals surface area contributed by atoms with Gasteiger partial charge in [-0.3, -0.25) is 4.72 Å². The summed E-state index contributed by atoms with van der Waals surface area (Å²) in [6, 6.07) is 15.4. The van der Waals surface area contributed by atoms with Crippen molar-refractivity contribution in [3.8, 4) is 5.88 Å². The Labute approximate surface area is 171 Å². The second-order valence-electron chi connectivity index (χ2n) is 6.93. The first-order valence-corrected chi connectivity index (χ1v) is 10.7. The molecule has 2 N–H and O–H groups in total. The summed E-state index contributed by atoms with van der Waals surface area (Å²) in [5.74, 6) is 1.69. The van der Waals surface area contributed by atoms with Gasteiger partial charge >= 0.3 is 0 Å². The summed E-state index contributed by atoms with van der Waals surface area (Å²) in [5.41, 5.74) is 2.12. The van der Waals surface area contributed by atoms with Crippen molar-refractivity contribution in [3.63, 3.8) is 0 Å². The predicted octanol–water partition coefficient (Wildman–Crippen LogP) is 4.43. The monoisotopic (exact) mass is 412 g/mol. The number of aryl methyl sites for hydroxylation is 2. The topological polar surface area (TPSA) is 93.2 Å². The lowest BCUT2D eigenvalue weighted by atomic mass is 10.2. The minimum absolute atomic E-state index is 0.0119. The SMILES string of the molecule is Cc1cccc(S(=O)(=O)Nc2ccc(Nc3cc(OC(C)C)nc(C)n3)cc2)c1. The Bertz CT molecular complexity index is 1100. The molecule has 0 atom stereocenters. The molecule has 0 amide bonds. The van der Waals surface area contributed by atoms with Crippen molar-refractivity contribution >= 4 is 27.2 Å². The lowest BCUT2D eigenvalue weighted by molar-refractivity contribution is 0.232. The molecule has 0 saturated heterocycles. The van der Waals surface area contributed by atoms with Crippen molar-refractivity contribution in [2.45, 2.75) is 38.7 Å². The fourth-order valence-corrected chi connectivity index (χ4v) is 3.84. The van der Waals surface area contributed by atoms with Crippen molar-refractivity contribution in [1.82, 2.24) is 9.97 Å². The van der Waals surface area contributed by atoms with Gasteiger partial charge < -0.3 is 10.1 Å². The third-order valence-corrected chi connectivity index (χ3v) is 5.26. The van der Waals surface area contributed by atoms with Gasteiger partial charge in [-0.2, -0.15) is 4.98 Å². The van der Waals surface area contributed by atoms with Gasteiger partial charge in [0.1, 0.15) is 11.6 Å². The van der Waals surface area contributed by atoms with E-state index in [1.165, 1.54) is 0 Å². The van der Waals surface area contributed by atoms with Crippen LogP contribution in [0.25, 0.3) is 0 Å². The zero-order valence-electron chi connectivity index (χ0n) is 16.8. The number of anilines is 3. The van der Waals surface area contributed by atoms with Crippen molar-refractivity contribution in [2.24, 2.45) is 0 Å². The van der Waals surface area contributed by atoms with Crippen molar-refractivity contribution < 1.29 is 13.2 Å². The molecule has 0 aliphatic heterocycles.